The van der Waals surface area contributed by atoms with Crippen LogP contribution in [-0.2, 0) is 14.8 Å². The molecule has 2 N–H and O–H groups in total. The molecule has 10 heteroatoms. The lowest BCUT2D eigenvalue weighted by atomic mass is 10.2. The number of carbonyl (C=O) groups is 1. The van der Waals surface area contributed by atoms with Crippen LogP contribution in [0.2, 0.25) is 0 Å². The maximum absolute atomic E-state index is 12.5. The summed E-state index contributed by atoms with van der Waals surface area (Å²) in [7, 11) is -3.79. The summed E-state index contributed by atoms with van der Waals surface area (Å²) in [5.41, 5.74) is 0.334. The van der Waals surface area contributed by atoms with Gasteiger partial charge in [-0.15, -0.1) is 0 Å². The number of hydrogen-bond acceptors (Lipinski definition) is 4. The molecule has 0 atom stereocenters. The molecule has 1 rings (SSSR count). The van der Waals surface area contributed by atoms with Crippen molar-refractivity contribution in [3.8, 4) is 0 Å². The number of anilines is 2. The second-order valence-corrected chi connectivity index (χ2v) is 7.11. The van der Waals surface area contributed by atoms with Crippen molar-refractivity contribution in [1.82, 2.24) is 4.31 Å². The number of carbonyl (C=O) groups excluding carboxylic acids is 1. The fourth-order valence-electron chi connectivity index (χ4n) is 2.22. The van der Waals surface area contributed by atoms with Crippen LogP contribution in [0.3, 0.4) is 0 Å². The highest BCUT2D eigenvalue weighted by Crippen LogP contribution is 2.28. The Bertz CT molecular complexity index is 702. The molecule has 142 valence electrons. The lowest BCUT2D eigenvalue weighted by molar-refractivity contribution is -0.150. The molecule has 0 unspecified atom stereocenters. The van der Waals surface area contributed by atoms with Gasteiger partial charge in [0.05, 0.1) is 16.3 Å². The Morgan fingerprint density at radius 1 is 1.12 bits per heavy atom. The average molecular weight is 381 g/mol. The van der Waals surface area contributed by atoms with E-state index in [0.29, 0.717) is 12.2 Å². The fraction of sp³-hybridized carbons (Fsp3) is 0.533. The van der Waals surface area contributed by atoms with Crippen LogP contribution in [0.1, 0.15) is 27.2 Å². The van der Waals surface area contributed by atoms with Crippen LogP contribution in [0.4, 0.5) is 24.5 Å². The molecule has 0 aromatic heterocycles. The van der Waals surface area contributed by atoms with E-state index in [1.807, 2.05) is 0 Å². The topological polar surface area (TPSA) is 78.5 Å². The van der Waals surface area contributed by atoms with E-state index >= 15 is 0 Å². The van der Waals surface area contributed by atoms with Gasteiger partial charge in [0.1, 0.15) is 6.42 Å². The molecule has 0 saturated heterocycles. The monoisotopic (exact) mass is 381 g/mol. The second-order valence-electron chi connectivity index (χ2n) is 5.17. The van der Waals surface area contributed by atoms with E-state index in [9.17, 15) is 26.4 Å². The van der Waals surface area contributed by atoms with Crippen molar-refractivity contribution >= 4 is 27.3 Å². The summed E-state index contributed by atoms with van der Waals surface area (Å²) in [4.78, 5) is 11.5. The number of alkyl halides is 3. The van der Waals surface area contributed by atoms with Gasteiger partial charge in [-0.05, 0) is 25.1 Å². The SMILES string of the molecule is CCNc1ccc(S(=O)(=O)N(CC)CC)cc1NC(=O)CC(F)(F)F. The quantitative estimate of drug-likeness (QED) is 0.726. The lowest BCUT2D eigenvalue weighted by Gasteiger charge is -2.20. The molecule has 0 heterocycles. The van der Waals surface area contributed by atoms with Gasteiger partial charge >= 0.3 is 6.18 Å². The number of benzene rings is 1. The summed E-state index contributed by atoms with van der Waals surface area (Å²) in [5, 5.41) is 5.01. The third-order valence-electron chi connectivity index (χ3n) is 3.34. The summed E-state index contributed by atoms with van der Waals surface area (Å²) in [6.45, 7) is 6.08. The van der Waals surface area contributed by atoms with Crippen molar-refractivity contribution in [3.63, 3.8) is 0 Å². The van der Waals surface area contributed by atoms with Crippen molar-refractivity contribution in [2.45, 2.75) is 38.3 Å². The van der Waals surface area contributed by atoms with Crippen LogP contribution in [0.15, 0.2) is 23.1 Å². The first-order valence-corrected chi connectivity index (χ1v) is 9.23. The van der Waals surface area contributed by atoms with Crippen LogP contribution < -0.4 is 10.6 Å². The van der Waals surface area contributed by atoms with Crippen molar-refractivity contribution < 1.29 is 26.4 Å². The van der Waals surface area contributed by atoms with E-state index in [2.05, 4.69) is 10.6 Å². The van der Waals surface area contributed by atoms with Gasteiger partial charge in [-0.2, -0.15) is 17.5 Å². The largest absolute Gasteiger partial charge is 0.397 e. The summed E-state index contributed by atoms with van der Waals surface area (Å²) in [6.07, 6.45) is -6.29. The van der Waals surface area contributed by atoms with Gasteiger partial charge in [0.25, 0.3) is 0 Å². The zero-order chi connectivity index (χ0) is 19.3. The Morgan fingerprint density at radius 3 is 2.20 bits per heavy atom. The molecule has 0 saturated carbocycles. The molecule has 0 aliphatic carbocycles. The Hall–Kier alpha value is -1.81. The average Bonchev–Trinajstić information content (AvgIpc) is 2.48. The van der Waals surface area contributed by atoms with Gasteiger partial charge in [-0.25, -0.2) is 8.42 Å². The van der Waals surface area contributed by atoms with Crippen LogP contribution in [0, 0.1) is 0 Å². The molecule has 6 nitrogen and oxygen atoms in total. The molecule has 1 aromatic rings. The zero-order valence-electron chi connectivity index (χ0n) is 14.3. The Balaban J connectivity index is 3.24. The highest BCUT2D eigenvalue weighted by molar-refractivity contribution is 7.89. The third-order valence-corrected chi connectivity index (χ3v) is 5.38. The van der Waals surface area contributed by atoms with Crippen molar-refractivity contribution in [2.75, 3.05) is 30.3 Å². The molecule has 0 aliphatic rings. The van der Waals surface area contributed by atoms with Crippen LogP contribution in [0.25, 0.3) is 0 Å². The van der Waals surface area contributed by atoms with Crippen molar-refractivity contribution in [2.24, 2.45) is 0 Å². The zero-order valence-corrected chi connectivity index (χ0v) is 15.1. The number of halogens is 3. The molecule has 0 spiro atoms. The molecule has 1 aromatic carbocycles. The summed E-state index contributed by atoms with van der Waals surface area (Å²) in [6, 6.07) is 3.94. The van der Waals surface area contributed by atoms with E-state index in [1.165, 1.54) is 22.5 Å². The standard InChI is InChI=1S/C15H22F3N3O3S/c1-4-19-12-8-7-11(25(23,24)21(5-2)6-3)9-13(12)20-14(22)10-15(16,17)18/h7-9,19H,4-6,10H2,1-3H3,(H,20,22). The molecular weight excluding hydrogens is 359 g/mol. The number of hydrogen-bond donors (Lipinski definition) is 2. The molecule has 0 bridgehead atoms. The summed E-state index contributed by atoms with van der Waals surface area (Å²) < 4.78 is 63.3. The number of amides is 1. The minimum Gasteiger partial charge on any atom is -0.384 e. The van der Waals surface area contributed by atoms with Crippen molar-refractivity contribution in [1.29, 1.82) is 0 Å². The first kappa shape index (κ1) is 21.2. The van der Waals surface area contributed by atoms with E-state index in [4.69, 9.17) is 0 Å². The number of nitrogens with zero attached hydrogens (tertiary/aromatic N) is 1. The highest BCUT2D eigenvalue weighted by atomic mass is 32.2. The van der Waals surface area contributed by atoms with Crippen LogP contribution >= 0.6 is 0 Å². The van der Waals surface area contributed by atoms with Crippen molar-refractivity contribution in [3.05, 3.63) is 18.2 Å². The lowest BCUT2D eigenvalue weighted by Crippen LogP contribution is -2.30. The Kier molecular flexibility index (Phi) is 7.24. The summed E-state index contributed by atoms with van der Waals surface area (Å²) >= 11 is 0. The van der Waals surface area contributed by atoms with Crippen LogP contribution in [0.5, 0.6) is 0 Å². The highest BCUT2D eigenvalue weighted by Gasteiger charge is 2.31. The Labute approximate surface area is 145 Å². The van der Waals surface area contributed by atoms with E-state index < -0.39 is 28.5 Å². The smallest absolute Gasteiger partial charge is 0.384 e. The number of rotatable bonds is 8. The van der Waals surface area contributed by atoms with Gasteiger partial charge in [-0.3, -0.25) is 4.79 Å². The van der Waals surface area contributed by atoms with Gasteiger partial charge in [0.15, 0.2) is 0 Å². The molecule has 1 amide bonds. The van der Waals surface area contributed by atoms with Gasteiger partial charge in [0.2, 0.25) is 15.9 Å². The van der Waals surface area contributed by atoms with E-state index in [-0.39, 0.29) is 23.7 Å². The molecule has 0 aliphatic heterocycles. The molecule has 0 radical (unpaired) electrons. The molecule has 0 fully saturated rings. The predicted molar refractivity (Wildman–Crippen MR) is 90.0 cm³/mol. The minimum atomic E-state index is -4.65. The second kappa shape index (κ2) is 8.52. The maximum Gasteiger partial charge on any atom is 0.397 e. The van der Waals surface area contributed by atoms with E-state index in [1.54, 1.807) is 20.8 Å². The Morgan fingerprint density at radius 2 is 1.72 bits per heavy atom. The molecular formula is C15H22F3N3O3S. The fourth-order valence-corrected chi connectivity index (χ4v) is 3.71. The van der Waals surface area contributed by atoms with Gasteiger partial charge in [0, 0.05) is 19.6 Å². The summed E-state index contributed by atoms with van der Waals surface area (Å²) in [5.74, 6) is -1.26. The minimum absolute atomic E-state index is 0.00988. The van der Waals surface area contributed by atoms with Gasteiger partial charge in [-0.1, -0.05) is 13.8 Å². The number of nitrogens with one attached hydrogen (secondary N) is 2. The van der Waals surface area contributed by atoms with Gasteiger partial charge < -0.3 is 10.6 Å². The first-order chi connectivity index (χ1) is 11.5. The maximum atomic E-state index is 12.5. The normalized spacial score (nSPS) is 12.3. The third kappa shape index (κ3) is 5.89. The van der Waals surface area contributed by atoms with E-state index in [0.717, 1.165) is 0 Å². The number of sulfonamides is 1. The molecule has 25 heavy (non-hydrogen) atoms. The first-order valence-electron chi connectivity index (χ1n) is 7.79. The predicted octanol–water partition coefficient (Wildman–Crippen LogP) is 3.04. The van der Waals surface area contributed by atoms with Crippen LogP contribution in [-0.4, -0.2) is 44.4 Å².